The Morgan fingerprint density at radius 3 is 2.83 bits per heavy atom. The first-order valence-electron chi connectivity index (χ1n) is 7.15. The Kier molecular flexibility index (Phi) is 5.24. The van der Waals surface area contributed by atoms with Gasteiger partial charge in [-0.3, -0.25) is 9.78 Å². The molecule has 7 nitrogen and oxygen atoms in total. The van der Waals surface area contributed by atoms with E-state index in [9.17, 15) is 9.59 Å². The number of aromatic amines is 1. The van der Waals surface area contributed by atoms with E-state index < -0.39 is 5.91 Å². The Hall–Kier alpha value is -2.96. The highest BCUT2D eigenvalue weighted by molar-refractivity contribution is 5.96. The van der Waals surface area contributed by atoms with E-state index in [4.69, 9.17) is 4.74 Å². The summed E-state index contributed by atoms with van der Waals surface area (Å²) in [5, 5.41) is 3.89. The first kappa shape index (κ1) is 16.4. The molecule has 0 saturated carbocycles. The van der Waals surface area contributed by atoms with E-state index in [1.807, 2.05) is 0 Å². The predicted molar refractivity (Wildman–Crippen MR) is 85.5 cm³/mol. The lowest BCUT2D eigenvalue weighted by Crippen LogP contribution is -2.18. The topological polar surface area (TPSA) is 96.4 Å². The van der Waals surface area contributed by atoms with Crippen molar-refractivity contribution in [3.8, 4) is 0 Å². The van der Waals surface area contributed by atoms with Crippen molar-refractivity contribution in [2.45, 2.75) is 20.8 Å². The largest absolute Gasteiger partial charge is 0.462 e. The summed E-state index contributed by atoms with van der Waals surface area (Å²) in [6.45, 7) is 5.64. The molecule has 120 valence electrons. The van der Waals surface area contributed by atoms with E-state index in [2.05, 4.69) is 20.5 Å². The summed E-state index contributed by atoms with van der Waals surface area (Å²) in [6.07, 6.45) is 2.98. The molecule has 0 saturated heterocycles. The summed E-state index contributed by atoms with van der Waals surface area (Å²) in [6, 6.07) is 5.03. The lowest BCUT2D eigenvalue weighted by molar-refractivity contribution is 0.0525. The van der Waals surface area contributed by atoms with Gasteiger partial charge < -0.3 is 9.72 Å². The molecule has 2 aromatic heterocycles. The first-order valence-corrected chi connectivity index (χ1v) is 7.15. The van der Waals surface area contributed by atoms with Gasteiger partial charge in [-0.1, -0.05) is 6.07 Å². The second-order valence-corrected chi connectivity index (χ2v) is 4.80. The Bertz CT molecular complexity index is 735. The number of H-pyrrole nitrogens is 1. The molecule has 0 unspecified atom stereocenters. The Morgan fingerprint density at radius 1 is 1.39 bits per heavy atom. The van der Waals surface area contributed by atoms with E-state index in [0.717, 1.165) is 5.56 Å². The summed E-state index contributed by atoms with van der Waals surface area (Å²) in [5.41, 5.74) is 5.20. The van der Waals surface area contributed by atoms with Crippen molar-refractivity contribution in [2.75, 3.05) is 6.61 Å². The molecule has 0 aliphatic rings. The molecule has 2 rings (SSSR count). The average Bonchev–Trinajstić information content (AvgIpc) is 2.82. The van der Waals surface area contributed by atoms with Gasteiger partial charge in [-0.15, -0.1) is 0 Å². The number of amides is 1. The summed E-state index contributed by atoms with van der Waals surface area (Å²) >= 11 is 0. The van der Waals surface area contributed by atoms with Crippen LogP contribution in [-0.2, 0) is 4.74 Å². The fourth-order valence-electron chi connectivity index (χ4n) is 2.12. The molecule has 0 radical (unpaired) electrons. The highest BCUT2D eigenvalue weighted by Crippen LogP contribution is 2.17. The number of esters is 1. The van der Waals surface area contributed by atoms with Crippen LogP contribution in [0.4, 0.5) is 0 Å². The number of hydrogen-bond donors (Lipinski definition) is 2. The zero-order valence-corrected chi connectivity index (χ0v) is 13.2. The number of nitrogens with zero attached hydrogens (tertiary/aromatic N) is 2. The number of carbonyl (C=O) groups is 2. The van der Waals surface area contributed by atoms with Gasteiger partial charge in [0.05, 0.1) is 24.1 Å². The molecule has 2 heterocycles. The maximum absolute atomic E-state index is 11.9. The summed E-state index contributed by atoms with van der Waals surface area (Å²) in [5.74, 6) is -0.788. The average molecular weight is 314 g/mol. The van der Waals surface area contributed by atoms with Gasteiger partial charge in [0.15, 0.2) is 0 Å². The van der Waals surface area contributed by atoms with Crippen molar-refractivity contribution in [3.63, 3.8) is 0 Å². The van der Waals surface area contributed by atoms with Crippen LogP contribution in [0.25, 0.3) is 0 Å². The molecule has 0 aromatic carbocycles. The minimum absolute atomic E-state index is 0.274. The Morgan fingerprint density at radius 2 is 2.17 bits per heavy atom. The van der Waals surface area contributed by atoms with Gasteiger partial charge in [0.1, 0.15) is 5.69 Å². The fourth-order valence-corrected chi connectivity index (χ4v) is 2.12. The third-order valence-electron chi connectivity index (χ3n) is 3.21. The maximum atomic E-state index is 11.9. The van der Waals surface area contributed by atoms with E-state index in [1.54, 1.807) is 39.0 Å². The Labute approximate surface area is 133 Å². The Balaban J connectivity index is 2.10. The van der Waals surface area contributed by atoms with Gasteiger partial charge in [-0.2, -0.15) is 5.10 Å². The standard InChI is InChI=1S/C16H18N4O3/c1-4-23-16(22)14-10(2)13(19-11(14)3)9-18-20-15(21)12-7-5-6-8-17-12/h5-9,19H,4H2,1-3H3,(H,20,21)/b18-9+. The second kappa shape index (κ2) is 7.35. The number of pyridine rings is 1. The molecule has 1 amide bonds. The van der Waals surface area contributed by atoms with Crippen LogP contribution in [0.1, 0.15) is 44.7 Å². The number of ether oxygens (including phenoxy) is 1. The third-order valence-corrected chi connectivity index (χ3v) is 3.21. The quantitative estimate of drug-likeness (QED) is 0.501. The number of hydrogen-bond acceptors (Lipinski definition) is 5. The van der Waals surface area contributed by atoms with E-state index in [-0.39, 0.29) is 11.7 Å². The molecule has 0 spiro atoms. The van der Waals surface area contributed by atoms with Gasteiger partial charge in [-0.05, 0) is 38.5 Å². The lowest BCUT2D eigenvalue weighted by Gasteiger charge is -2.01. The van der Waals surface area contributed by atoms with Crippen molar-refractivity contribution in [1.82, 2.24) is 15.4 Å². The molecule has 0 atom stereocenters. The van der Waals surface area contributed by atoms with Gasteiger partial charge in [0, 0.05) is 11.9 Å². The molecular weight excluding hydrogens is 296 g/mol. The maximum Gasteiger partial charge on any atom is 0.340 e. The van der Waals surface area contributed by atoms with Crippen molar-refractivity contribution in [3.05, 3.63) is 52.6 Å². The number of aromatic nitrogens is 2. The van der Waals surface area contributed by atoms with Crippen LogP contribution < -0.4 is 5.43 Å². The lowest BCUT2D eigenvalue weighted by atomic mass is 10.1. The van der Waals surface area contributed by atoms with Crippen LogP contribution in [0.15, 0.2) is 29.5 Å². The number of aryl methyl sites for hydroxylation is 1. The molecule has 0 aliphatic carbocycles. The molecule has 2 N–H and O–H groups in total. The smallest absolute Gasteiger partial charge is 0.340 e. The minimum atomic E-state index is -0.409. The summed E-state index contributed by atoms with van der Waals surface area (Å²) in [7, 11) is 0. The van der Waals surface area contributed by atoms with E-state index >= 15 is 0 Å². The predicted octanol–water partition coefficient (Wildman–Crippen LogP) is 1.97. The molecule has 0 bridgehead atoms. The molecule has 0 aliphatic heterocycles. The molecule has 23 heavy (non-hydrogen) atoms. The van der Waals surface area contributed by atoms with Crippen molar-refractivity contribution in [1.29, 1.82) is 0 Å². The molecular formula is C16H18N4O3. The van der Waals surface area contributed by atoms with Gasteiger partial charge in [-0.25, -0.2) is 10.2 Å². The number of carbonyl (C=O) groups excluding carboxylic acids is 2. The van der Waals surface area contributed by atoms with Crippen LogP contribution in [0.2, 0.25) is 0 Å². The number of nitrogens with one attached hydrogen (secondary N) is 2. The normalized spacial score (nSPS) is 10.7. The summed E-state index contributed by atoms with van der Waals surface area (Å²) < 4.78 is 5.02. The van der Waals surface area contributed by atoms with Crippen molar-refractivity contribution in [2.24, 2.45) is 5.10 Å². The minimum Gasteiger partial charge on any atom is -0.462 e. The van der Waals surface area contributed by atoms with Crippen molar-refractivity contribution < 1.29 is 14.3 Å². The number of hydrazone groups is 1. The van der Waals surface area contributed by atoms with Gasteiger partial charge in [0.25, 0.3) is 5.91 Å². The zero-order chi connectivity index (χ0) is 16.8. The zero-order valence-electron chi connectivity index (χ0n) is 13.2. The molecule has 2 aromatic rings. The molecule has 0 fully saturated rings. The van der Waals surface area contributed by atoms with Gasteiger partial charge in [0.2, 0.25) is 0 Å². The summed E-state index contributed by atoms with van der Waals surface area (Å²) in [4.78, 5) is 30.7. The fraction of sp³-hybridized carbons (Fsp3) is 0.250. The van der Waals surface area contributed by atoms with Crippen LogP contribution in [-0.4, -0.2) is 34.7 Å². The number of rotatable bonds is 5. The second-order valence-electron chi connectivity index (χ2n) is 4.80. The van der Waals surface area contributed by atoms with E-state index in [1.165, 1.54) is 12.4 Å². The van der Waals surface area contributed by atoms with Crippen LogP contribution >= 0.6 is 0 Å². The van der Waals surface area contributed by atoms with Crippen LogP contribution in [0.3, 0.4) is 0 Å². The monoisotopic (exact) mass is 314 g/mol. The first-order chi connectivity index (χ1) is 11.0. The van der Waals surface area contributed by atoms with Crippen molar-refractivity contribution >= 4 is 18.1 Å². The SMILES string of the molecule is CCOC(=O)c1c(C)[nH]c(/C=N/NC(=O)c2ccccn2)c1C. The highest BCUT2D eigenvalue weighted by Gasteiger charge is 2.18. The third kappa shape index (κ3) is 3.82. The molecule has 7 heteroatoms. The van der Waals surface area contributed by atoms with Crippen LogP contribution in [0.5, 0.6) is 0 Å². The van der Waals surface area contributed by atoms with Crippen LogP contribution in [0, 0.1) is 13.8 Å². The highest BCUT2D eigenvalue weighted by atomic mass is 16.5. The van der Waals surface area contributed by atoms with E-state index in [0.29, 0.717) is 23.6 Å². The van der Waals surface area contributed by atoms with Gasteiger partial charge >= 0.3 is 5.97 Å².